The number of hydrogen-bond donors (Lipinski definition) is 2. The van der Waals surface area contributed by atoms with Gasteiger partial charge in [0, 0.05) is 50.3 Å². The predicted molar refractivity (Wildman–Crippen MR) is 176 cm³/mol. The molecule has 226 valence electrons. The first-order valence-corrected chi connectivity index (χ1v) is 15.6. The second-order valence-electron chi connectivity index (χ2n) is 15.1. The summed E-state index contributed by atoms with van der Waals surface area (Å²) in [7, 11) is 0. The minimum absolute atomic E-state index is 0.0506. The van der Waals surface area contributed by atoms with Gasteiger partial charge >= 0.3 is 0 Å². The summed E-state index contributed by atoms with van der Waals surface area (Å²) in [6, 6.07) is 21.7. The summed E-state index contributed by atoms with van der Waals surface area (Å²) in [5, 5.41) is 7.37. The molecule has 40 heavy (non-hydrogen) atoms. The van der Waals surface area contributed by atoms with E-state index >= 15 is 0 Å². The summed E-state index contributed by atoms with van der Waals surface area (Å²) in [5.41, 5.74) is 3.41. The van der Waals surface area contributed by atoms with Crippen LogP contribution in [-0.2, 0) is 13.1 Å². The Hall–Kier alpha value is -1.72. The average molecular weight is 551 g/mol. The van der Waals surface area contributed by atoms with Gasteiger partial charge in [0.15, 0.2) is 0 Å². The lowest BCUT2D eigenvalue weighted by Crippen LogP contribution is -2.55. The van der Waals surface area contributed by atoms with E-state index in [9.17, 15) is 0 Å². The zero-order valence-electron chi connectivity index (χ0n) is 27.7. The second kappa shape index (κ2) is 15.5. The molecule has 0 aliphatic carbocycles. The Bertz CT molecular complexity index is 938. The van der Waals surface area contributed by atoms with Crippen LogP contribution < -0.4 is 10.6 Å². The Labute approximate surface area is 248 Å². The van der Waals surface area contributed by atoms with Crippen LogP contribution in [0.15, 0.2) is 60.7 Å². The normalized spacial score (nSPS) is 13.4. The third-order valence-corrected chi connectivity index (χ3v) is 8.71. The van der Waals surface area contributed by atoms with Gasteiger partial charge in [-0.2, -0.15) is 0 Å². The zero-order chi connectivity index (χ0) is 29.9. The van der Waals surface area contributed by atoms with Crippen molar-refractivity contribution in [3.8, 4) is 0 Å². The van der Waals surface area contributed by atoms with E-state index in [4.69, 9.17) is 0 Å². The first kappa shape index (κ1) is 34.5. The van der Waals surface area contributed by atoms with Gasteiger partial charge in [-0.15, -0.1) is 0 Å². The van der Waals surface area contributed by atoms with E-state index in [2.05, 4.69) is 150 Å². The Morgan fingerprint density at radius 1 is 0.600 bits per heavy atom. The molecule has 0 unspecified atom stereocenters. The molecule has 0 bridgehead atoms. The molecule has 0 aliphatic heterocycles. The van der Waals surface area contributed by atoms with Gasteiger partial charge in [0.25, 0.3) is 0 Å². The Morgan fingerprint density at radius 2 is 1.15 bits per heavy atom. The number of nitrogens with one attached hydrogen (secondary N) is 2. The Morgan fingerprint density at radius 3 is 1.70 bits per heavy atom. The molecule has 0 aliphatic rings. The fourth-order valence-corrected chi connectivity index (χ4v) is 4.99. The Balaban J connectivity index is 2.07. The standard InChI is InChI=1S/C36H62N4/c1-33(2,3)21-26-40(30-32-19-15-12-16-20-32)36(9,10)35(7,8)22-25-39(28-24-38-34(4,5)6)27-23-37-29-31-17-13-11-14-18-31/h11-20,37-38H,21-30H2,1-10H3. The summed E-state index contributed by atoms with van der Waals surface area (Å²) in [6.45, 7) is 32.1. The maximum Gasteiger partial charge on any atom is 0.0239 e. The van der Waals surface area contributed by atoms with Crippen molar-refractivity contribution in [3.05, 3.63) is 71.8 Å². The number of nitrogens with zero attached hydrogens (tertiary/aromatic N) is 2. The van der Waals surface area contributed by atoms with Gasteiger partial charge in [-0.1, -0.05) is 95.3 Å². The molecule has 0 saturated heterocycles. The van der Waals surface area contributed by atoms with Gasteiger partial charge in [-0.25, -0.2) is 0 Å². The smallest absolute Gasteiger partial charge is 0.0239 e. The summed E-state index contributed by atoms with van der Waals surface area (Å²) >= 11 is 0. The van der Waals surface area contributed by atoms with Gasteiger partial charge in [0.05, 0.1) is 0 Å². The highest BCUT2D eigenvalue weighted by Gasteiger charge is 2.41. The molecule has 0 aromatic heterocycles. The molecule has 4 nitrogen and oxygen atoms in total. The number of hydrogen-bond acceptors (Lipinski definition) is 4. The van der Waals surface area contributed by atoms with E-state index in [0.29, 0.717) is 5.41 Å². The van der Waals surface area contributed by atoms with E-state index < -0.39 is 0 Å². The molecular weight excluding hydrogens is 488 g/mol. The van der Waals surface area contributed by atoms with Crippen LogP contribution in [-0.4, -0.2) is 60.1 Å². The number of rotatable bonds is 17. The number of benzene rings is 2. The highest BCUT2D eigenvalue weighted by Crippen LogP contribution is 2.40. The van der Waals surface area contributed by atoms with Crippen molar-refractivity contribution in [1.82, 2.24) is 20.4 Å². The summed E-state index contributed by atoms with van der Waals surface area (Å²) < 4.78 is 0. The first-order chi connectivity index (χ1) is 18.6. The predicted octanol–water partition coefficient (Wildman–Crippen LogP) is 7.60. The van der Waals surface area contributed by atoms with Crippen LogP contribution >= 0.6 is 0 Å². The van der Waals surface area contributed by atoms with Crippen molar-refractivity contribution in [2.24, 2.45) is 10.8 Å². The van der Waals surface area contributed by atoms with Crippen LogP contribution in [0.5, 0.6) is 0 Å². The lowest BCUT2D eigenvalue weighted by molar-refractivity contribution is -0.0116. The van der Waals surface area contributed by atoms with Gasteiger partial charge in [0.1, 0.15) is 0 Å². The monoisotopic (exact) mass is 550 g/mol. The van der Waals surface area contributed by atoms with Crippen molar-refractivity contribution < 1.29 is 0 Å². The summed E-state index contributed by atoms with van der Waals surface area (Å²) in [5.74, 6) is 0. The Kier molecular flexibility index (Phi) is 13.4. The minimum atomic E-state index is 0.0506. The lowest BCUT2D eigenvalue weighted by atomic mass is 9.70. The van der Waals surface area contributed by atoms with Gasteiger partial charge < -0.3 is 15.5 Å². The van der Waals surface area contributed by atoms with E-state index in [1.54, 1.807) is 0 Å². The minimum Gasteiger partial charge on any atom is -0.311 e. The van der Waals surface area contributed by atoms with Crippen LogP contribution in [0.1, 0.15) is 93.2 Å². The lowest BCUT2D eigenvalue weighted by Gasteiger charge is -2.51. The fourth-order valence-electron chi connectivity index (χ4n) is 4.99. The van der Waals surface area contributed by atoms with Crippen LogP contribution in [0, 0.1) is 10.8 Å². The van der Waals surface area contributed by atoms with Crippen molar-refractivity contribution in [2.75, 3.05) is 39.3 Å². The summed E-state index contributed by atoms with van der Waals surface area (Å²) in [6.07, 6.45) is 2.35. The van der Waals surface area contributed by atoms with Crippen molar-refractivity contribution in [1.29, 1.82) is 0 Å². The molecule has 2 aromatic carbocycles. The average Bonchev–Trinajstić information content (AvgIpc) is 2.87. The molecule has 0 fully saturated rings. The largest absolute Gasteiger partial charge is 0.311 e. The molecule has 0 saturated carbocycles. The molecule has 2 aromatic rings. The van der Waals surface area contributed by atoms with Gasteiger partial charge in [-0.05, 0) is 82.5 Å². The molecule has 2 N–H and O–H groups in total. The molecule has 0 atom stereocenters. The van der Waals surface area contributed by atoms with Crippen molar-refractivity contribution in [3.63, 3.8) is 0 Å². The van der Waals surface area contributed by atoms with Crippen molar-refractivity contribution >= 4 is 0 Å². The molecular formula is C36H62N4. The molecule has 2 rings (SSSR count). The van der Waals surface area contributed by atoms with Crippen LogP contribution in [0.25, 0.3) is 0 Å². The third kappa shape index (κ3) is 12.9. The zero-order valence-corrected chi connectivity index (χ0v) is 27.7. The van der Waals surface area contributed by atoms with Crippen LogP contribution in [0.2, 0.25) is 0 Å². The van der Waals surface area contributed by atoms with E-state index in [-0.39, 0.29) is 16.5 Å². The molecule has 0 heterocycles. The van der Waals surface area contributed by atoms with Crippen LogP contribution in [0.4, 0.5) is 0 Å². The summed E-state index contributed by atoms with van der Waals surface area (Å²) in [4.78, 5) is 5.41. The maximum absolute atomic E-state index is 3.70. The molecule has 0 spiro atoms. The molecule has 0 radical (unpaired) electrons. The topological polar surface area (TPSA) is 30.5 Å². The quantitative estimate of drug-likeness (QED) is 0.199. The highest BCUT2D eigenvalue weighted by molar-refractivity contribution is 5.16. The van der Waals surface area contributed by atoms with Gasteiger partial charge in [0.2, 0.25) is 0 Å². The molecule has 4 heteroatoms. The second-order valence-corrected chi connectivity index (χ2v) is 15.1. The fraction of sp³-hybridized carbons (Fsp3) is 0.667. The van der Waals surface area contributed by atoms with E-state index in [0.717, 1.165) is 58.8 Å². The third-order valence-electron chi connectivity index (χ3n) is 8.71. The van der Waals surface area contributed by atoms with E-state index in [1.807, 2.05) is 0 Å². The van der Waals surface area contributed by atoms with Crippen molar-refractivity contribution in [2.45, 2.75) is 106 Å². The SMILES string of the molecule is CC(C)(C)CCN(Cc1ccccc1)C(C)(C)C(C)(C)CCN(CCNCc1ccccc1)CCNC(C)(C)C. The molecule has 0 amide bonds. The van der Waals surface area contributed by atoms with Gasteiger partial charge in [-0.3, -0.25) is 4.90 Å². The first-order valence-electron chi connectivity index (χ1n) is 15.6. The maximum atomic E-state index is 3.70. The highest BCUT2D eigenvalue weighted by atomic mass is 15.2. The van der Waals surface area contributed by atoms with E-state index in [1.165, 1.54) is 17.5 Å². The van der Waals surface area contributed by atoms with Crippen LogP contribution in [0.3, 0.4) is 0 Å².